The maximum atomic E-state index is 10.0. The molecule has 3 nitrogen and oxygen atoms in total. The second-order valence-corrected chi connectivity index (χ2v) is 6.57. The van der Waals surface area contributed by atoms with Crippen molar-refractivity contribution >= 4 is 0 Å². The Kier molecular flexibility index (Phi) is 5.42. The number of hydrogen-bond donors (Lipinski definition) is 2. The zero-order valence-corrected chi connectivity index (χ0v) is 11.8. The van der Waals surface area contributed by atoms with Crippen LogP contribution in [-0.4, -0.2) is 47.0 Å². The number of hydrogen-bond acceptors (Lipinski definition) is 3. The highest BCUT2D eigenvalue weighted by atomic mass is 16.3. The van der Waals surface area contributed by atoms with Crippen LogP contribution in [0.3, 0.4) is 0 Å². The van der Waals surface area contributed by atoms with E-state index in [4.69, 9.17) is 0 Å². The Morgan fingerprint density at radius 1 is 1.24 bits per heavy atom. The fourth-order valence-electron chi connectivity index (χ4n) is 2.53. The summed E-state index contributed by atoms with van der Waals surface area (Å²) in [5, 5.41) is 20.0. The summed E-state index contributed by atoms with van der Waals surface area (Å²) in [7, 11) is 2.06. The van der Waals surface area contributed by atoms with Crippen molar-refractivity contribution in [2.45, 2.75) is 71.1 Å². The largest absolute Gasteiger partial charge is 0.393 e. The van der Waals surface area contributed by atoms with Crippen molar-refractivity contribution < 1.29 is 10.2 Å². The normalized spacial score (nSPS) is 28.4. The van der Waals surface area contributed by atoms with Gasteiger partial charge in [0.1, 0.15) is 0 Å². The van der Waals surface area contributed by atoms with E-state index < -0.39 is 0 Å². The van der Waals surface area contributed by atoms with Crippen LogP contribution in [0.1, 0.15) is 52.9 Å². The summed E-state index contributed by atoms with van der Waals surface area (Å²) in [6.07, 6.45) is 4.71. The van der Waals surface area contributed by atoms with Crippen molar-refractivity contribution in [3.05, 3.63) is 0 Å². The summed E-state index contributed by atoms with van der Waals surface area (Å²) in [5.41, 5.74) is -0.0496. The molecule has 0 aromatic heterocycles. The highest BCUT2D eigenvalue weighted by Gasteiger charge is 2.28. The maximum Gasteiger partial charge on any atom is 0.0695 e. The van der Waals surface area contributed by atoms with Crippen LogP contribution in [0.25, 0.3) is 0 Å². The van der Waals surface area contributed by atoms with Crippen molar-refractivity contribution in [3.63, 3.8) is 0 Å². The van der Waals surface area contributed by atoms with Crippen molar-refractivity contribution in [3.8, 4) is 0 Å². The topological polar surface area (TPSA) is 43.7 Å². The highest BCUT2D eigenvalue weighted by Crippen LogP contribution is 2.25. The van der Waals surface area contributed by atoms with E-state index in [0.29, 0.717) is 0 Å². The van der Waals surface area contributed by atoms with Crippen LogP contribution in [0.15, 0.2) is 0 Å². The molecular weight excluding hydrogens is 214 g/mol. The second kappa shape index (κ2) is 6.17. The molecule has 0 aliphatic heterocycles. The zero-order valence-electron chi connectivity index (χ0n) is 11.8. The Morgan fingerprint density at radius 3 is 2.35 bits per heavy atom. The van der Waals surface area contributed by atoms with Gasteiger partial charge in [-0.05, 0) is 31.7 Å². The molecule has 17 heavy (non-hydrogen) atoms. The molecule has 1 rings (SSSR count). The first-order valence-electron chi connectivity index (χ1n) is 6.88. The lowest BCUT2D eigenvalue weighted by Gasteiger charge is -2.36. The average molecular weight is 243 g/mol. The Balaban J connectivity index is 2.36. The summed E-state index contributed by atoms with van der Waals surface area (Å²) in [4.78, 5) is 2.22. The van der Waals surface area contributed by atoms with Gasteiger partial charge in [-0.15, -0.1) is 0 Å². The molecule has 3 heteroatoms. The fraction of sp³-hybridized carbons (Fsp3) is 1.00. The third-order valence-electron chi connectivity index (χ3n) is 4.01. The molecule has 1 fully saturated rings. The summed E-state index contributed by atoms with van der Waals surface area (Å²) in [6, 6.07) is 0.288. The van der Waals surface area contributed by atoms with Crippen molar-refractivity contribution in [2.75, 3.05) is 13.6 Å². The van der Waals surface area contributed by atoms with Gasteiger partial charge in [-0.1, -0.05) is 33.6 Å². The van der Waals surface area contributed by atoms with Gasteiger partial charge in [0, 0.05) is 12.6 Å². The molecule has 1 saturated carbocycles. The molecule has 2 N–H and O–H groups in total. The zero-order chi connectivity index (χ0) is 13.1. The van der Waals surface area contributed by atoms with Crippen molar-refractivity contribution in [2.24, 2.45) is 5.41 Å². The van der Waals surface area contributed by atoms with E-state index in [1.54, 1.807) is 0 Å². The molecule has 0 aromatic carbocycles. The molecule has 1 aliphatic rings. The molecule has 0 radical (unpaired) electrons. The maximum absolute atomic E-state index is 10.0. The van der Waals surface area contributed by atoms with Crippen LogP contribution >= 0.6 is 0 Å². The number of aliphatic hydroxyl groups is 2. The van der Waals surface area contributed by atoms with Gasteiger partial charge in [-0.3, -0.25) is 0 Å². The summed E-state index contributed by atoms with van der Waals surface area (Å²) < 4.78 is 0. The van der Waals surface area contributed by atoms with Crippen LogP contribution in [0.5, 0.6) is 0 Å². The molecule has 0 aromatic rings. The Labute approximate surface area is 106 Å². The first-order chi connectivity index (χ1) is 7.82. The molecule has 3 unspecified atom stereocenters. The predicted octanol–water partition coefficient (Wildman–Crippen LogP) is 2.02. The quantitative estimate of drug-likeness (QED) is 0.794. The first kappa shape index (κ1) is 14.9. The van der Waals surface area contributed by atoms with Gasteiger partial charge in [-0.2, -0.15) is 0 Å². The lowest BCUT2D eigenvalue weighted by atomic mass is 9.86. The molecular formula is C14H29NO2. The van der Waals surface area contributed by atoms with E-state index in [2.05, 4.69) is 32.7 Å². The average Bonchev–Trinajstić information content (AvgIpc) is 2.24. The number of rotatable bonds is 4. The molecule has 0 saturated heterocycles. The van der Waals surface area contributed by atoms with E-state index in [1.807, 2.05) is 0 Å². The van der Waals surface area contributed by atoms with Crippen LogP contribution in [0.2, 0.25) is 0 Å². The molecule has 0 bridgehead atoms. The predicted molar refractivity (Wildman–Crippen MR) is 71.0 cm³/mol. The van der Waals surface area contributed by atoms with Crippen LogP contribution in [0, 0.1) is 5.41 Å². The minimum absolute atomic E-state index is 0.0496. The number of aliphatic hydroxyl groups excluding tert-OH is 2. The summed E-state index contributed by atoms with van der Waals surface area (Å²) in [6.45, 7) is 7.05. The smallest absolute Gasteiger partial charge is 0.0695 e. The minimum atomic E-state index is -0.273. The van der Waals surface area contributed by atoms with Crippen LogP contribution < -0.4 is 0 Å². The second-order valence-electron chi connectivity index (χ2n) is 6.57. The third kappa shape index (κ3) is 4.57. The highest BCUT2D eigenvalue weighted by molar-refractivity contribution is 4.82. The van der Waals surface area contributed by atoms with Gasteiger partial charge in [-0.25, -0.2) is 0 Å². The lowest BCUT2D eigenvalue weighted by molar-refractivity contribution is 0.0103. The Bertz CT molecular complexity index is 225. The minimum Gasteiger partial charge on any atom is -0.393 e. The van der Waals surface area contributed by atoms with Gasteiger partial charge < -0.3 is 15.1 Å². The molecule has 1 aliphatic carbocycles. The van der Waals surface area contributed by atoms with Crippen molar-refractivity contribution in [1.29, 1.82) is 0 Å². The van der Waals surface area contributed by atoms with Gasteiger partial charge in [0.25, 0.3) is 0 Å². The number of likely N-dealkylation sites (N-methyl/N-ethyl adjacent to an activating group) is 1. The SMILES string of the molecule is CN(CCC(O)C(C)(C)C)C1CCCCC1O. The summed E-state index contributed by atoms with van der Waals surface area (Å²) >= 11 is 0. The van der Waals surface area contributed by atoms with Crippen LogP contribution in [-0.2, 0) is 0 Å². The first-order valence-corrected chi connectivity index (χ1v) is 6.88. The molecule has 3 atom stereocenters. The van der Waals surface area contributed by atoms with E-state index in [9.17, 15) is 10.2 Å². The van der Waals surface area contributed by atoms with E-state index in [-0.39, 0.29) is 23.7 Å². The van der Waals surface area contributed by atoms with Gasteiger partial charge in [0.2, 0.25) is 0 Å². The molecule has 102 valence electrons. The molecule has 0 spiro atoms. The Hall–Kier alpha value is -0.120. The molecule has 0 heterocycles. The molecule has 0 amide bonds. The van der Waals surface area contributed by atoms with E-state index in [0.717, 1.165) is 32.2 Å². The number of nitrogens with zero attached hydrogens (tertiary/aromatic N) is 1. The Morgan fingerprint density at radius 2 is 1.82 bits per heavy atom. The van der Waals surface area contributed by atoms with E-state index in [1.165, 1.54) is 6.42 Å². The standard InChI is InChI=1S/C14H29NO2/c1-14(2,3)13(17)9-10-15(4)11-7-5-6-8-12(11)16/h11-13,16-17H,5-10H2,1-4H3. The summed E-state index contributed by atoms with van der Waals surface area (Å²) in [5.74, 6) is 0. The van der Waals surface area contributed by atoms with Gasteiger partial charge >= 0.3 is 0 Å². The third-order valence-corrected chi connectivity index (χ3v) is 4.01. The lowest BCUT2D eigenvalue weighted by Crippen LogP contribution is -2.44. The van der Waals surface area contributed by atoms with Crippen LogP contribution in [0.4, 0.5) is 0 Å². The van der Waals surface area contributed by atoms with Crippen molar-refractivity contribution in [1.82, 2.24) is 4.90 Å². The monoisotopic (exact) mass is 243 g/mol. The van der Waals surface area contributed by atoms with Gasteiger partial charge in [0.05, 0.1) is 12.2 Å². The fourth-order valence-corrected chi connectivity index (χ4v) is 2.53. The van der Waals surface area contributed by atoms with E-state index >= 15 is 0 Å². The van der Waals surface area contributed by atoms with Gasteiger partial charge in [0.15, 0.2) is 0 Å².